The zero-order chi connectivity index (χ0) is 15.4. The van der Waals surface area contributed by atoms with Crippen molar-refractivity contribution in [3.63, 3.8) is 0 Å². The summed E-state index contributed by atoms with van der Waals surface area (Å²) < 4.78 is 11.9. The van der Waals surface area contributed by atoms with Gasteiger partial charge in [0.05, 0.1) is 12.7 Å². The molecule has 0 N–H and O–H groups in total. The number of hydrogen-bond donors (Lipinski definition) is 0. The minimum atomic E-state index is -0.0984. The van der Waals surface area contributed by atoms with Crippen LogP contribution in [0.1, 0.15) is 32.6 Å². The molecule has 1 amide bonds. The average molecular weight is 304 g/mol. The fraction of sp³-hybridized carbons (Fsp3) is 0.647. The Morgan fingerprint density at radius 1 is 1.55 bits per heavy atom. The highest BCUT2D eigenvalue weighted by atomic mass is 16.5. The largest absolute Gasteiger partial charge is 0.477 e. The van der Waals surface area contributed by atoms with E-state index in [1.165, 1.54) is 0 Å². The van der Waals surface area contributed by atoms with Crippen molar-refractivity contribution in [2.24, 2.45) is 5.41 Å². The van der Waals surface area contributed by atoms with E-state index in [0.29, 0.717) is 18.9 Å². The van der Waals surface area contributed by atoms with Gasteiger partial charge in [0.15, 0.2) is 0 Å². The van der Waals surface area contributed by atoms with Crippen LogP contribution in [0, 0.1) is 5.41 Å². The van der Waals surface area contributed by atoms with Gasteiger partial charge in [-0.1, -0.05) is 13.0 Å². The lowest BCUT2D eigenvalue weighted by Gasteiger charge is -2.50. The number of piperidine rings is 1. The summed E-state index contributed by atoms with van der Waals surface area (Å²) in [6.45, 7) is 4.82. The summed E-state index contributed by atoms with van der Waals surface area (Å²) in [5, 5.41) is 0. The van der Waals surface area contributed by atoms with E-state index in [9.17, 15) is 4.79 Å². The van der Waals surface area contributed by atoms with Gasteiger partial charge in [0.1, 0.15) is 0 Å². The molecule has 5 nitrogen and oxygen atoms in total. The predicted molar refractivity (Wildman–Crippen MR) is 82.6 cm³/mol. The molecule has 3 rings (SSSR count). The van der Waals surface area contributed by atoms with Crippen molar-refractivity contribution in [1.29, 1.82) is 0 Å². The minimum absolute atomic E-state index is 0.0984. The second-order valence-electron chi connectivity index (χ2n) is 6.24. The molecule has 0 spiro atoms. The molecule has 5 heteroatoms. The standard InChI is InChI=1S/C17H24N2O3/c1-2-16(20)19-10-7-14-17(12-19,8-5-11-21-14)13-22-15-6-3-4-9-18-15/h3-4,6,9,14H,2,5,7-8,10-13H2,1H3/t14-,17-/m1/s1. The molecule has 2 atom stereocenters. The summed E-state index contributed by atoms with van der Waals surface area (Å²) >= 11 is 0. The van der Waals surface area contributed by atoms with Gasteiger partial charge < -0.3 is 14.4 Å². The van der Waals surface area contributed by atoms with Gasteiger partial charge in [-0.2, -0.15) is 0 Å². The number of carbonyl (C=O) groups excluding carboxylic acids is 1. The van der Waals surface area contributed by atoms with Crippen LogP contribution in [0.5, 0.6) is 5.88 Å². The number of aromatic nitrogens is 1. The molecule has 1 aromatic heterocycles. The number of carbonyl (C=O) groups is 1. The molecular formula is C17H24N2O3. The van der Waals surface area contributed by atoms with Crippen LogP contribution in [0.3, 0.4) is 0 Å². The zero-order valence-corrected chi connectivity index (χ0v) is 13.2. The number of amides is 1. The Morgan fingerprint density at radius 3 is 3.23 bits per heavy atom. The molecule has 0 bridgehead atoms. The van der Waals surface area contributed by atoms with Gasteiger partial charge in [0, 0.05) is 43.8 Å². The number of pyridine rings is 1. The Labute approximate surface area is 131 Å². The first-order valence-electron chi connectivity index (χ1n) is 8.17. The molecule has 0 saturated carbocycles. The Balaban J connectivity index is 1.73. The van der Waals surface area contributed by atoms with E-state index < -0.39 is 0 Å². The Morgan fingerprint density at radius 2 is 2.45 bits per heavy atom. The van der Waals surface area contributed by atoms with E-state index in [1.807, 2.05) is 30.0 Å². The van der Waals surface area contributed by atoms with E-state index in [0.717, 1.165) is 39.0 Å². The third-order valence-corrected chi connectivity index (χ3v) is 4.79. The normalized spacial score (nSPS) is 28.0. The summed E-state index contributed by atoms with van der Waals surface area (Å²) in [5.74, 6) is 0.862. The van der Waals surface area contributed by atoms with E-state index in [-0.39, 0.29) is 17.4 Å². The summed E-state index contributed by atoms with van der Waals surface area (Å²) in [4.78, 5) is 18.3. The quantitative estimate of drug-likeness (QED) is 0.856. The van der Waals surface area contributed by atoms with Crippen molar-refractivity contribution in [2.75, 3.05) is 26.3 Å². The Hall–Kier alpha value is -1.62. The fourth-order valence-electron chi connectivity index (χ4n) is 3.59. The number of likely N-dealkylation sites (tertiary alicyclic amines) is 1. The molecule has 0 unspecified atom stereocenters. The van der Waals surface area contributed by atoms with Gasteiger partial charge in [-0.15, -0.1) is 0 Å². The molecule has 0 aromatic carbocycles. The van der Waals surface area contributed by atoms with E-state index >= 15 is 0 Å². The number of rotatable bonds is 4. The molecule has 0 aliphatic carbocycles. The third kappa shape index (κ3) is 3.09. The lowest BCUT2D eigenvalue weighted by Crippen LogP contribution is -2.58. The van der Waals surface area contributed by atoms with Gasteiger partial charge in [-0.3, -0.25) is 4.79 Å². The Bertz CT molecular complexity index is 508. The van der Waals surface area contributed by atoms with Crippen molar-refractivity contribution >= 4 is 5.91 Å². The molecule has 2 aliphatic rings. The van der Waals surface area contributed by atoms with Crippen LogP contribution in [0.15, 0.2) is 24.4 Å². The molecule has 2 saturated heterocycles. The van der Waals surface area contributed by atoms with Crippen LogP contribution in [-0.4, -0.2) is 48.2 Å². The van der Waals surface area contributed by atoms with Crippen molar-refractivity contribution in [2.45, 2.75) is 38.7 Å². The van der Waals surface area contributed by atoms with Gasteiger partial charge in [-0.25, -0.2) is 4.98 Å². The first kappa shape index (κ1) is 15.3. The van der Waals surface area contributed by atoms with E-state index in [2.05, 4.69) is 4.98 Å². The van der Waals surface area contributed by atoms with Crippen molar-refractivity contribution < 1.29 is 14.3 Å². The van der Waals surface area contributed by atoms with Crippen molar-refractivity contribution in [1.82, 2.24) is 9.88 Å². The lowest BCUT2D eigenvalue weighted by atomic mass is 9.73. The molecule has 3 heterocycles. The van der Waals surface area contributed by atoms with Crippen LogP contribution in [0.2, 0.25) is 0 Å². The van der Waals surface area contributed by atoms with Crippen molar-refractivity contribution in [3.8, 4) is 5.88 Å². The second-order valence-corrected chi connectivity index (χ2v) is 6.24. The maximum absolute atomic E-state index is 12.1. The maximum Gasteiger partial charge on any atom is 0.222 e. The SMILES string of the molecule is CCC(=O)N1CC[C@H]2OCCC[C@]2(COc2ccccn2)C1. The first-order valence-corrected chi connectivity index (χ1v) is 8.17. The topological polar surface area (TPSA) is 51.7 Å². The summed E-state index contributed by atoms with van der Waals surface area (Å²) in [6, 6.07) is 5.66. The summed E-state index contributed by atoms with van der Waals surface area (Å²) in [5.41, 5.74) is -0.0984. The highest BCUT2D eigenvalue weighted by Crippen LogP contribution is 2.40. The number of ether oxygens (including phenoxy) is 2. The van der Waals surface area contributed by atoms with Crippen LogP contribution >= 0.6 is 0 Å². The van der Waals surface area contributed by atoms with Crippen LogP contribution in [-0.2, 0) is 9.53 Å². The molecular weight excluding hydrogens is 280 g/mol. The summed E-state index contributed by atoms with van der Waals surface area (Å²) in [7, 11) is 0. The van der Waals surface area contributed by atoms with Gasteiger partial charge in [0.2, 0.25) is 11.8 Å². The fourth-order valence-corrected chi connectivity index (χ4v) is 3.59. The highest BCUT2D eigenvalue weighted by Gasteiger charge is 2.47. The van der Waals surface area contributed by atoms with E-state index in [1.54, 1.807) is 6.20 Å². The smallest absolute Gasteiger partial charge is 0.222 e. The molecule has 1 aromatic rings. The van der Waals surface area contributed by atoms with E-state index in [4.69, 9.17) is 9.47 Å². The van der Waals surface area contributed by atoms with Crippen LogP contribution in [0.4, 0.5) is 0 Å². The molecule has 22 heavy (non-hydrogen) atoms. The first-order chi connectivity index (χ1) is 10.7. The Kier molecular flexibility index (Phi) is 4.62. The molecule has 120 valence electrons. The van der Waals surface area contributed by atoms with Gasteiger partial charge in [-0.05, 0) is 25.3 Å². The van der Waals surface area contributed by atoms with Crippen molar-refractivity contribution in [3.05, 3.63) is 24.4 Å². The number of hydrogen-bond acceptors (Lipinski definition) is 4. The highest BCUT2D eigenvalue weighted by molar-refractivity contribution is 5.76. The number of nitrogens with zero attached hydrogens (tertiary/aromatic N) is 2. The van der Waals surface area contributed by atoms with Gasteiger partial charge in [0.25, 0.3) is 0 Å². The molecule has 2 aliphatic heterocycles. The lowest BCUT2D eigenvalue weighted by molar-refractivity contribution is -0.157. The maximum atomic E-state index is 12.1. The zero-order valence-electron chi connectivity index (χ0n) is 13.2. The van der Waals surface area contributed by atoms with Crippen LogP contribution in [0.25, 0.3) is 0 Å². The molecule has 2 fully saturated rings. The second kappa shape index (κ2) is 6.65. The average Bonchev–Trinajstić information content (AvgIpc) is 2.59. The third-order valence-electron chi connectivity index (χ3n) is 4.79. The summed E-state index contributed by atoms with van der Waals surface area (Å²) in [6.07, 6.45) is 5.44. The monoisotopic (exact) mass is 304 g/mol. The van der Waals surface area contributed by atoms with Crippen LogP contribution < -0.4 is 4.74 Å². The minimum Gasteiger partial charge on any atom is -0.477 e. The van der Waals surface area contributed by atoms with Gasteiger partial charge >= 0.3 is 0 Å². The number of fused-ring (bicyclic) bond motifs is 1. The predicted octanol–water partition coefficient (Wildman–Crippen LogP) is 2.27. The molecule has 0 radical (unpaired) electrons.